The van der Waals surface area contributed by atoms with Crippen molar-refractivity contribution in [3.63, 3.8) is 0 Å². The van der Waals surface area contributed by atoms with Crippen LogP contribution in [0.3, 0.4) is 0 Å². The van der Waals surface area contributed by atoms with Crippen LogP contribution in [0, 0.1) is 6.92 Å². The molecule has 2 aromatic rings. The third kappa shape index (κ3) is 2.71. The number of aromatic amines is 1. The molecule has 0 spiro atoms. The third-order valence-corrected chi connectivity index (χ3v) is 3.20. The number of hydrogen-bond donors (Lipinski definition) is 2. The highest BCUT2D eigenvalue weighted by Gasteiger charge is 2.16. The fraction of sp³-hybridized carbons (Fsp3) is 0.250. The minimum absolute atomic E-state index is 0.230. The summed E-state index contributed by atoms with van der Waals surface area (Å²) in [7, 11) is 0. The molecule has 1 amide bonds. The van der Waals surface area contributed by atoms with Gasteiger partial charge in [-0.3, -0.25) is 4.79 Å². The van der Waals surface area contributed by atoms with Gasteiger partial charge in [0.15, 0.2) is 0 Å². The summed E-state index contributed by atoms with van der Waals surface area (Å²) < 4.78 is 5.43. The van der Waals surface area contributed by atoms with Gasteiger partial charge in [0.25, 0.3) is 5.91 Å². The predicted molar refractivity (Wildman–Crippen MR) is 70.1 cm³/mol. The average Bonchev–Trinajstić information content (AvgIpc) is 2.86. The fourth-order valence-electron chi connectivity index (χ4n) is 1.56. The highest BCUT2D eigenvalue weighted by Crippen LogP contribution is 2.22. The molecule has 2 heterocycles. The third-order valence-electron chi connectivity index (χ3n) is 2.51. The van der Waals surface area contributed by atoms with Gasteiger partial charge in [0.1, 0.15) is 22.4 Å². The van der Waals surface area contributed by atoms with Gasteiger partial charge in [-0.2, -0.15) is 0 Å². The molecular weight excluding hydrogens is 275 g/mol. The number of H-pyrrole nitrogens is 1. The van der Waals surface area contributed by atoms with Gasteiger partial charge in [-0.15, -0.1) is 0 Å². The van der Waals surface area contributed by atoms with E-state index in [1.807, 2.05) is 26.0 Å². The van der Waals surface area contributed by atoms with Crippen molar-refractivity contribution in [1.29, 1.82) is 0 Å². The van der Waals surface area contributed by atoms with Gasteiger partial charge in [0.2, 0.25) is 0 Å². The molecule has 0 fully saturated rings. The first-order valence-corrected chi connectivity index (χ1v) is 6.14. The second-order valence-corrected chi connectivity index (χ2v) is 4.77. The van der Waals surface area contributed by atoms with Gasteiger partial charge >= 0.3 is 0 Å². The van der Waals surface area contributed by atoms with Gasteiger partial charge in [0, 0.05) is 0 Å². The second-order valence-electron chi connectivity index (χ2n) is 3.99. The number of furan rings is 1. The Bertz CT molecular complexity index is 555. The van der Waals surface area contributed by atoms with E-state index in [2.05, 4.69) is 10.3 Å². The highest BCUT2D eigenvalue weighted by atomic mass is 35.5. The number of amides is 1. The number of rotatable bonds is 3. The van der Waals surface area contributed by atoms with E-state index in [0.717, 1.165) is 5.76 Å². The molecule has 2 aromatic heterocycles. The molecule has 2 N–H and O–H groups in total. The lowest BCUT2D eigenvalue weighted by atomic mass is 10.2. The van der Waals surface area contributed by atoms with Gasteiger partial charge in [-0.1, -0.05) is 23.2 Å². The summed E-state index contributed by atoms with van der Waals surface area (Å²) in [5.74, 6) is 1.21. The first-order chi connectivity index (χ1) is 8.47. The minimum Gasteiger partial charge on any atom is -0.464 e. The van der Waals surface area contributed by atoms with Crippen molar-refractivity contribution in [2.45, 2.75) is 19.9 Å². The Hall–Kier alpha value is -1.39. The smallest absolute Gasteiger partial charge is 0.268 e. The number of halogens is 2. The van der Waals surface area contributed by atoms with Gasteiger partial charge < -0.3 is 14.7 Å². The molecule has 2 rings (SSSR count). The first-order valence-electron chi connectivity index (χ1n) is 5.38. The van der Waals surface area contributed by atoms with Crippen LogP contribution in [0.2, 0.25) is 10.2 Å². The van der Waals surface area contributed by atoms with Crippen molar-refractivity contribution in [2.24, 2.45) is 0 Å². The summed E-state index contributed by atoms with van der Waals surface area (Å²) in [5, 5.41) is 3.36. The zero-order valence-electron chi connectivity index (χ0n) is 9.88. The van der Waals surface area contributed by atoms with Crippen LogP contribution in [0.25, 0.3) is 0 Å². The monoisotopic (exact) mass is 286 g/mol. The van der Waals surface area contributed by atoms with E-state index < -0.39 is 0 Å². The number of aryl methyl sites for hydroxylation is 1. The van der Waals surface area contributed by atoms with Crippen LogP contribution < -0.4 is 5.32 Å². The van der Waals surface area contributed by atoms with E-state index in [0.29, 0.717) is 16.5 Å². The van der Waals surface area contributed by atoms with Crippen LogP contribution in [0.1, 0.15) is 35.0 Å². The lowest BCUT2D eigenvalue weighted by Crippen LogP contribution is -2.26. The Morgan fingerprint density at radius 1 is 1.44 bits per heavy atom. The summed E-state index contributed by atoms with van der Waals surface area (Å²) in [6, 6.07) is 4.93. The van der Waals surface area contributed by atoms with Gasteiger partial charge in [-0.05, 0) is 32.0 Å². The summed E-state index contributed by atoms with van der Waals surface area (Å²) in [6.07, 6.45) is 0. The molecule has 0 saturated carbocycles. The van der Waals surface area contributed by atoms with Gasteiger partial charge in [0.05, 0.1) is 11.1 Å². The van der Waals surface area contributed by atoms with E-state index in [9.17, 15) is 4.79 Å². The quantitative estimate of drug-likeness (QED) is 0.904. The van der Waals surface area contributed by atoms with Crippen molar-refractivity contribution in [3.8, 4) is 0 Å². The molecule has 0 saturated heterocycles. The zero-order valence-corrected chi connectivity index (χ0v) is 11.4. The van der Waals surface area contributed by atoms with Crippen LogP contribution >= 0.6 is 23.2 Å². The molecule has 1 unspecified atom stereocenters. The SMILES string of the molecule is Cc1ccc(C(C)NC(=O)c2cc(Cl)c(Cl)[nH]2)o1. The molecule has 0 aliphatic carbocycles. The molecule has 4 nitrogen and oxygen atoms in total. The van der Waals surface area contributed by atoms with E-state index in [4.69, 9.17) is 27.6 Å². The number of aromatic nitrogens is 1. The topological polar surface area (TPSA) is 58.0 Å². The molecule has 1 atom stereocenters. The maximum atomic E-state index is 11.9. The fourth-order valence-corrected chi connectivity index (χ4v) is 1.87. The van der Waals surface area contributed by atoms with E-state index in [1.165, 1.54) is 6.07 Å². The second kappa shape index (κ2) is 5.08. The summed E-state index contributed by atoms with van der Waals surface area (Å²) >= 11 is 11.5. The van der Waals surface area contributed by atoms with Crippen molar-refractivity contribution in [1.82, 2.24) is 10.3 Å². The Morgan fingerprint density at radius 2 is 2.17 bits per heavy atom. The Balaban J connectivity index is 2.07. The van der Waals surface area contributed by atoms with Crippen molar-refractivity contribution >= 4 is 29.1 Å². The maximum absolute atomic E-state index is 11.9. The normalized spacial score (nSPS) is 12.4. The molecule has 0 aliphatic heterocycles. The zero-order chi connectivity index (χ0) is 13.3. The Labute approximate surface area is 114 Å². The highest BCUT2D eigenvalue weighted by molar-refractivity contribution is 6.41. The number of nitrogens with one attached hydrogen (secondary N) is 2. The van der Waals surface area contributed by atoms with Crippen LogP contribution in [0.15, 0.2) is 22.6 Å². The molecule has 0 radical (unpaired) electrons. The molecule has 96 valence electrons. The minimum atomic E-state index is -0.287. The molecule has 6 heteroatoms. The number of hydrogen-bond acceptors (Lipinski definition) is 2. The maximum Gasteiger partial charge on any atom is 0.268 e. The van der Waals surface area contributed by atoms with Crippen molar-refractivity contribution in [3.05, 3.63) is 45.6 Å². The molecular formula is C12H12Cl2N2O2. The Morgan fingerprint density at radius 3 is 2.67 bits per heavy atom. The predicted octanol–water partition coefficient (Wildman–Crippen LogP) is 3.71. The van der Waals surface area contributed by atoms with Crippen LogP contribution in [0.5, 0.6) is 0 Å². The molecule has 0 aliphatic rings. The molecule has 0 aromatic carbocycles. The first kappa shape index (κ1) is 13.1. The summed E-state index contributed by atoms with van der Waals surface area (Å²) in [6.45, 7) is 3.69. The lowest BCUT2D eigenvalue weighted by molar-refractivity contribution is 0.0930. The molecule has 18 heavy (non-hydrogen) atoms. The standard InChI is InChI=1S/C12H12Cl2N2O2/c1-6-3-4-10(18-6)7(2)15-12(17)9-5-8(13)11(14)16-9/h3-5,7,16H,1-2H3,(H,15,17). The Kier molecular flexibility index (Phi) is 3.68. The average molecular weight is 287 g/mol. The van der Waals surface area contributed by atoms with Crippen molar-refractivity contribution in [2.75, 3.05) is 0 Å². The van der Waals surface area contributed by atoms with Crippen LogP contribution in [-0.4, -0.2) is 10.9 Å². The van der Waals surface area contributed by atoms with E-state index in [1.54, 1.807) is 0 Å². The lowest BCUT2D eigenvalue weighted by Gasteiger charge is -2.10. The summed E-state index contributed by atoms with van der Waals surface area (Å²) in [4.78, 5) is 14.6. The molecule has 0 bridgehead atoms. The van der Waals surface area contributed by atoms with E-state index >= 15 is 0 Å². The van der Waals surface area contributed by atoms with E-state index in [-0.39, 0.29) is 17.1 Å². The van der Waals surface area contributed by atoms with Crippen LogP contribution in [0.4, 0.5) is 0 Å². The number of carbonyl (C=O) groups is 1. The van der Waals surface area contributed by atoms with Gasteiger partial charge in [-0.25, -0.2) is 0 Å². The van der Waals surface area contributed by atoms with Crippen LogP contribution in [-0.2, 0) is 0 Å². The number of carbonyl (C=O) groups excluding carboxylic acids is 1. The van der Waals surface area contributed by atoms with Crippen molar-refractivity contribution < 1.29 is 9.21 Å². The summed E-state index contributed by atoms with van der Waals surface area (Å²) in [5.41, 5.74) is 0.320. The largest absolute Gasteiger partial charge is 0.464 e.